The molecular weight excluding hydrogens is 200 g/mol. The molecule has 4 heteroatoms. The van der Waals surface area contributed by atoms with Gasteiger partial charge in [0.15, 0.2) is 0 Å². The minimum Gasteiger partial charge on any atom is -0.384 e. The quantitative estimate of drug-likeness (QED) is 0.833. The van der Waals surface area contributed by atoms with Gasteiger partial charge in [-0.2, -0.15) is 5.10 Å². The first-order chi connectivity index (χ1) is 7.58. The van der Waals surface area contributed by atoms with E-state index in [-0.39, 0.29) is 0 Å². The SMILES string of the molecule is Cc1cc(N)n(-c2ccc(N(C)C)cc2)n1. The standard InChI is InChI=1S/C12H16N4/c1-9-8-12(13)16(14-9)11-6-4-10(5-7-11)15(2)3/h4-8H,13H2,1-3H3. The minimum atomic E-state index is 0.662. The summed E-state index contributed by atoms with van der Waals surface area (Å²) in [5.41, 5.74) is 8.93. The van der Waals surface area contributed by atoms with Crippen molar-refractivity contribution in [2.75, 3.05) is 24.7 Å². The number of rotatable bonds is 2. The first-order valence-corrected chi connectivity index (χ1v) is 5.18. The molecule has 1 heterocycles. The smallest absolute Gasteiger partial charge is 0.127 e. The zero-order chi connectivity index (χ0) is 11.7. The molecule has 16 heavy (non-hydrogen) atoms. The van der Waals surface area contributed by atoms with E-state index in [9.17, 15) is 0 Å². The molecule has 0 saturated carbocycles. The lowest BCUT2D eigenvalue weighted by atomic mass is 10.2. The Morgan fingerprint density at radius 3 is 2.25 bits per heavy atom. The molecule has 0 spiro atoms. The van der Waals surface area contributed by atoms with E-state index in [1.54, 1.807) is 4.68 Å². The fraction of sp³-hybridized carbons (Fsp3) is 0.250. The van der Waals surface area contributed by atoms with Crippen molar-refractivity contribution in [1.29, 1.82) is 0 Å². The summed E-state index contributed by atoms with van der Waals surface area (Å²) in [6.07, 6.45) is 0. The molecule has 0 bridgehead atoms. The summed E-state index contributed by atoms with van der Waals surface area (Å²) in [5, 5.41) is 4.33. The maximum Gasteiger partial charge on any atom is 0.127 e. The number of aromatic nitrogens is 2. The number of anilines is 2. The van der Waals surface area contributed by atoms with Crippen molar-refractivity contribution < 1.29 is 0 Å². The highest BCUT2D eigenvalue weighted by Crippen LogP contribution is 2.18. The van der Waals surface area contributed by atoms with E-state index < -0.39 is 0 Å². The Morgan fingerprint density at radius 2 is 1.81 bits per heavy atom. The molecule has 0 saturated heterocycles. The molecule has 2 aromatic rings. The van der Waals surface area contributed by atoms with Gasteiger partial charge in [-0.3, -0.25) is 0 Å². The largest absolute Gasteiger partial charge is 0.384 e. The Bertz CT molecular complexity index is 482. The van der Waals surface area contributed by atoms with Gasteiger partial charge in [0, 0.05) is 25.8 Å². The van der Waals surface area contributed by atoms with E-state index >= 15 is 0 Å². The molecule has 1 aromatic carbocycles. The first-order valence-electron chi connectivity index (χ1n) is 5.18. The molecule has 1 aromatic heterocycles. The summed E-state index contributed by atoms with van der Waals surface area (Å²) in [5.74, 6) is 0.662. The van der Waals surface area contributed by atoms with Gasteiger partial charge in [-0.15, -0.1) is 0 Å². The van der Waals surface area contributed by atoms with Crippen LogP contribution in [0.5, 0.6) is 0 Å². The van der Waals surface area contributed by atoms with Crippen LogP contribution in [0.15, 0.2) is 30.3 Å². The number of nitrogens with zero attached hydrogens (tertiary/aromatic N) is 3. The zero-order valence-electron chi connectivity index (χ0n) is 9.81. The second-order valence-electron chi connectivity index (χ2n) is 4.03. The van der Waals surface area contributed by atoms with Crippen LogP contribution in [0.2, 0.25) is 0 Å². The zero-order valence-corrected chi connectivity index (χ0v) is 9.81. The van der Waals surface area contributed by atoms with E-state index in [0.29, 0.717) is 5.82 Å². The number of hydrogen-bond acceptors (Lipinski definition) is 3. The van der Waals surface area contributed by atoms with Gasteiger partial charge in [0.2, 0.25) is 0 Å². The highest BCUT2D eigenvalue weighted by molar-refractivity contribution is 5.51. The average molecular weight is 216 g/mol. The molecule has 0 amide bonds. The van der Waals surface area contributed by atoms with Crippen LogP contribution in [-0.2, 0) is 0 Å². The first kappa shape index (κ1) is 10.5. The van der Waals surface area contributed by atoms with Crippen LogP contribution in [0.1, 0.15) is 5.69 Å². The van der Waals surface area contributed by atoms with Crippen LogP contribution in [-0.4, -0.2) is 23.9 Å². The molecule has 4 nitrogen and oxygen atoms in total. The Labute approximate surface area is 95.3 Å². The molecule has 0 radical (unpaired) electrons. The molecular formula is C12H16N4. The van der Waals surface area contributed by atoms with Crippen molar-refractivity contribution in [2.24, 2.45) is 0 Å². The van der Waals surface area contributed by atoms with Crippen molar-refractivity contribution in [1.82, 2.24) is 9.78 Å². The molecule has 0 fully saturated rings. The van der Waals surface area contributed by atoms with Crippen molar-refractivity contribution in [2.45, 2.75) is 6.92 Å². The van der Waals surface area contributed by atoms with Gasteiger partial charge in [0.25, 0.3) is 0 Å². The van der Waals surface area contributed by atoms with E-state index in [0.717, 1.165) is 17.1 Å². The highest BCUT2D eigenvalue weighted by atomic mass is 15.3. The number of nitrogen functional groups attached to an aromatic ring is 1. The predicted molar refractivity (Wildman–Crippen MR) is 67.0 cm³/mol. The van der Waals surface area contributed by atoms with Gasteiger partial charge in [-0.1, -0.05) is 0 Å². The van der Waals surface area contributed by atoms with E-state index in [4.69, 9.17) is 5.73 Å². The third kappa shape index (κ3) is 1.86. The van der Waals surface area contributed by atoms with Crippen LogP contribution in [0.4, 0.5) is 11.5 Å². The van der Waals surface area contributed by atoms with Gasteiger partial charge in [0.1, 0.15) is 5.82 Å². The molecule has 0 aliphatic rings. The second-order valence-corrected chi connectivity index (χ2v) is 4.03. The Kier molecular flexibility index (Phi) is 2.56. The van der Waals surface area contributed by atoms with Crippen molar-refractivity contribution in [3.05, 3.63) is 36.0 Å². The van der Waals surface area contributed by atoms with E-state index in [2.05, 4.69) is 10.00 Å². The van der Waals surface area contributed by atoms with Crippen molar-refractivity contribution in [3.8, 4) is 5.69 Å². The van der Waals surface area contributed by atoms with Gasteiger partial charge >= 0.3 is 0 Å². The fourth-order valence-corrected chi connectivity index (χ4v) is 1.62. The fourth-order valence-electron chi connectivity index (χ4n) is 1.62. The number of nitrogens with two attached hydrogens (primary N) is 1. The number of benzene rings is 1. The molecule has 84 valence electrons. The monoisotopic (exact) mass is 216 g/mol. The predicted octanol–water partition coefficient (Wildman–Crippen LogP) is 1.83. The van der Waals surface area contributed by atoms with Crippen LogP contribution in [0.3, 0.4) is 0 Å². The molecule has 0 aliphatic carbocycles. The van der Waals surface area contributed by atoms with Gasteiger partial charge in [-0.25, -0.2) is 4.68 Å². The maximum absolute atomic E-state index is 5.86. The number of hydrogen-bond donors (Lipinski definition) is 1. The maximum atomic E-state index is 5.86. The van der Waals surface area contributed by atoms with Crippen molar-refractivity contribution >= 4 is 11.5 Å². The van der Waals surface area contributed by atoms with Crippen LogP contribution < -0.4 is 10.6 Å². The summed E-state index contributed by atoms with van der Waals surface area (Å²) >= 11 is 0. The van der Waals surface area contributed by atoms with Gasteiger partial charge in [0.05, 0.1) is 11.4 Å². The average Bonchev–Trinajstić information content (AvgIpc) is 2.58. The Hall–Kier alpha value is -1.97. The lowest BCUT2D eigenvalue weighted by molar-refractivity contribution is 0.872. The third-order valence-corrected chi connectivity index (χ3v) is 2.47. The normalized spacial score (nSPS) is 10.4. The summed E-state index contributed by atoms with van der Waals surface area (Å²) in [6, 6.07) is 9.98. The second kappa shape index (κ2) is 3.89. The molecule has 2 N–H and O–H groups in total. The topological polar surface area (TPSA) is 47.1 Å². The van der Waals surface area contributed by atoms with Crippen LogP contribution in [0, 0.1) is 6.92 Å². The number of aryl methyl sites for hydroxylation is 1. The van der Waals surface area contributed by atoms with Gasteiger partial charge < -0.3 is 10.6 Å². The Morgan fingerprint density at radius 1 is 1.19 bits per heavy atom. The summed E-state index contributed by atoms with van der Waals surface area (Å²) in [4.78, 5) is 2.06. The minimum absolute atomic E-state index is 0.662. The molecule has 0 unspecified atom stereocenters. The van der Waals surface area contributed by atoms with E-state index in [1.165, 1.54) is 0 Å². The molecule has 0 atom stereocenters. The lowest BCUT2D eigenvalue weighted by Crippen LogP contribution is -2.08. The molecule has 2 rings (SSSR count). The molecule has 0 aliphatic heterocycles. The van der Waals surface area contributed by atoms with Gasteiger partial charge in [-0.05, 0) is 31.2 Å². The van der Waals surface area contributed by atoms with Crippen molar-refractivity contribution in [3.63, 3.8) is 0 Å². The summed E-state index contributed by atoms with van der Waals surface area (Å²) in [7, 11) is 4.03. The third-order valence-electron chi connectivity index (χ3n) is 2.47. The van der Waals surface area contributed by atoms with Crippen LogP contribution >= 0.6 is 0 Å². The summed E-state index contributed by atoms with van der Waals surface area (Å²) in [6.45, 7) is 1.93. The van der Waals surface area contributed by atoms with Crippen LogP contribution in [0.25, 0.3) is 5.69 Å². The highest BCUT2D eigenvalue weighted by Gasteiger charge is 2.04. The lowest BCUT2D eigenvalue weighted by Gasteiger charge is -2.12. The Balaban J connectivity index is 2.38. The van der Waals surface area contributed by atoms with E-state index in [1.807, 2.05) is 51.4 Å². The summed E-state index contributed by atoms with van der Waals surface area (Å²) < 4.78 is 1.74.